The summed E-state index contributed by atoms with van der Waals surface area (Å²) in [6.07, 6.45) is -7.57. The number of likely N-dealkylation sites (N-methyl/N-ethyl adjacent to an activating group) is 2. The van der Waals surface area contributed by atoms with Crippen LogP contribution < -0.4 is 5.32 Å². The Morgan fingerprint density at radius 3 is 1.96 bits per heavy atom. The molecule has 0 saturated carbocycles. The maximum atomic E-state index is 14.4. The van der Waals surface area contributed by atoms with E-state index in [1.165, 1.54) is 47.0 Å². The number of aryl methyl sites for hydroxylation is 1. The molecule has 0 unspecified atom stereocenters. The molecule has 13 heteroatoms. The molecule has 48 heavy (non-hydrogen) atoms. The van der Waals surface area contributed by atoms with Gasteiger partial charge in [-0.1, -0.05) is 56.3 Å². The molecular formula is C35H46F4N2O7. The summed E-state index contributed by atoms with van der Waals surface area (Å²) in [5.41, 5.74) is -1.42. The van der Waals surface area contributed by atoms with Crippen LogP contribution in [0.1, 0.15) is 70.6 Å². The standard InChI is InChI=1S/C35H46F4N2O7/c1-22(2)19-28(33(45)47-23(3)31(43)46-21-25-11-9-8-10-12-25)41(7)30(42)29(48-32(44)27(40-6)20-34(4,5)36)18-15-24-13-16-26(17-14-24)35(37,38)39/h8-14,16-17,22-23,27-29,40H,15,18-21H2,1-7H3/t23-,27+,28+,29-/m1/s1. The maximum absolute atomic E-state index is 14.4. The number of hydrogen-bond donors (Lipinski definition) is 1. The van der Waals surface area contributed by atoms with E-state index >= 15 is 0 Å². The fourth-order valence-corrected chi connectivity index (χ4v) is 4.79. The second kappa shape index (κ2) is 18.0. The normalized spacial score (nSPS) is 14.4. The predicted molar refractivity (Wildman–Crippen MR) is 170 cm³/mol. The van der Waals surface area contributed by atoms with E-state index in [2.05, 4.69) is 5.32 Å². The molecule has 1 N–H and O–H groups in total. The lowest BCUT2D eigenvalue weighted by Gasteiger charge is -2.32. The van der Waals surface area contributed by atoms with Gasteiger partial charge in [0, 0.05) is 13.5 Å². The van der Waals surface area contributed by atoms with Crippen molar-refractivity contribution in [3.05, 3.63) is 71.3 Å². The summed E-state index contributed by atoms with van der Waals surface area (Å²) in [7, 11) is 2.76. The second-order valence-electron chi connectivity index (χ2n) is 12.7. The zero-order chi connectivity index (χ0) is 36.2. The summed E-state index contributed by atoms with van der Waals surface area (Å²) in [5.74, 6) is -3.50. The van der Waals surface area contributed by atoms with Gasteiger partial charge in [-0.2, -0.15) is 13.2 Å². The van der Waals surface area contributed by atoms with Gasteiger partial charge in [0.15, 0.2) is 12.2 Å². The average molecular weight is 683 g/mol. The first-order chi connectivity index (χ1) is 22.3. The van der Waals surface area contributed by atoms with E-state index in [0.29, 0.717) is 5.56 Å². The molecule has 2 aromatic rings. The smallest absolute Gasteiger partial charge is 0.416 e. The average Bonchev–Trinajstić information content (AvgIpc) is 3.02. The van der Waals surface area contributed by atoms with Crippen molar-refractivity contribution in [2.75, 3.05) is 14.1 Å². The molecule has 0 aliphatic heterocycles. The molecule has 4 atom stereocenters. The highest BCUT2D eigenvalue weighted by Crippen LogP contribution is 2.29. The van der Waals surface area contributed by atoms with E-state index in [1.54, 1.807) is 24.3 Å². The molecule has 0 aliphatic carbocycles. The van der Waals surface area contributed by atoms with Crippen molar-refractivity contribution in [2.45, 2.75) is 103 Å². The van der Waals surface area contributed by atoms with Crippen molar-refractivity contribution in [3.63, 3.8) is 0 Å². The van der Waals surface area contributed by atoms with Crippen molar-refractivity contribution in [1.29, 1.82) is 0 Å². The first kappa shape index (κ1) is 40.2. The summed E-state index contributed by atoms with van der Waals surface area (Å²) in [4.78, 5) is 54.1. The third-order valence-corrected chi connectivity index (χ3v) is 7.46. The topological polar surface area (TPSA) is 111 Å². The zero-order valence-electron chi connectivity index (χ0n) is 28.4. The quantitative estimate of drug-likeness (QED) is 0.126. The van der Waals surface area contributed by atoms with E-state index in [1.807, 2.05) is 19.9 Å². The van der Waals surface area contributed by atoms with Gasteiger partial charge in [-0.25, -0.2) is 14.0 Å². The van der Waals surface area contributed by atoms with Gasteiger partial charge in [-0.05, 0) is 76.3 Å². The number of ether oxygens (including phenoxy) is 3. The molecule has 0 saturated heterocycles. The van der Waals surface area contributed by atoms with Crippen molar-refractivity contribution in [2.24, 2.45) is 5.92 Å². The number of amides is 1. The van der Waals surface area contributed by atoms with E-state index in [4.69, 9.17) is 14.2 Å². The van der Waals surface area contributed by atoms with Gasteiger partial charge in [-0.3, -0.25) is 9.59 Å². The van der Waals surface area contributed by atoms with Gasteiger partial charge in [-0.15, -0.1) is 0 Å². The number of nitrogens with one attached hydrogen (secondary N) is 1. The predicted octanol–water partition coefficient (Wildman–Crippen LogP) is 5.82. The number of rotatable bonds is 17. The van der Waals surface area contributed by atoms with Crippen LogP contribution >= 0.6 is 0 Å². The van der Waals surface area contributed by atoms with Gasteiger partial charge in [0.2, 0.25) is 0 Å². The first-order valence-corrected chi connectivity index (χ1v) is 15.7. The lowest BCUT2D eigenvalue weighted by atomic mass is 10.00. The minimum Gasteiger partial charge on any atom is -0.458 e. The lowest BCUT2D eigenvalue weighted by Crippen LogP contribution is -2.51. The van der Waals surface area contributed by atoms with Crippen LogP contribution in [-0.2, 0) is 52.6 Å². The van der Waals surface area contributed by atoms with Crippen LogP contribution in [0, 0.1) is 5.92 Å². The van der Waals surface area contributed by atoms with Crippen molar-refractivity contribution < 1.29 is 51.0 Å². The highest BCUT2D eigenvalue weighted by Gasteiger charge is 2.38. The number of carbonyl (C=O) groups is 4. The fraction of sp³-hybridized carbons (Fsp3) is 0.543. The fourth-order valence-electron chi connectivity index (χ4n) is 4.79. The van der Waals surface area contributed by atoms with E-state index in [9.17, 15) is 36.7 Å². The lowest BCUT2D eigenvalue weighted by molar-refractivity contribution is -0.174. The Labute approximate surface area is 279 Å². The molecule has 0 bridgehead atoms. The molecule has 2 aromatic carbocycles. The van der Waals surface area contributed by atoms with Gasteiger partial charge in [0.25, 0.3) is 5.91 Å². The number of halogens is 4. The van der Waals surface area contributed by atoms with Gasteiger partial charge in [0.1, 0.15) is 24.4 Å². The van der Waals surface area contributed by atoms with Crippen LogP contribution in [0.2, 0.25) is 0 Å². The number of benzene rings is 2. The Morgan fingerprint density at radius 1 is 0.833 bits per heavy atom. The Bertz CT molecular complexity index is 1350. The van der Waals surface area contributed by atoms with Gasteiger partial charge >= 0.3 is 24.1 Å². The largest absolute Gasteiger partial charge is 0.458 e. The summed E-state index contributed by atoms with van der Waals surface area (Å²) in [6, 6.07) is 10.9. The third-order valence-electron chi connectivity index (χ3n) is 7.46. The second-order valence-corrected chi connectivity index (χ2v) is 12.7. The maximum Gasteiger partial charge on any atom is 0.416 e. The molecular weight excluding hydrogens is 636 g/mol. The zero-order valence-corrected chi connectivity index (χ0v) is 28.4. The molecule has 0 fully saturated rings. The molecule has 266 valence electrons. The number of alkyl halides is 4. The highest BCUT2D eigenvalue weighted by atomic mass is 19.4. The molecule has 0 aliphatic rings. The Hall–Kier alpha value is -4.00. The molecule has 0 aromatic heterocycles. The van der Waals surface area contributed by atoms with Crippen molar-refractivity contribution in [1.82, 2.24) is 10.2 Å². The van der Waals surface area contributed by atoms with Crippen LogP contribution in [0.3, 0.4) is 0 Å². The number of esters is 3. The number of hydrogen-bond acceptors (Lipinski definition) is 8. The van der Waals surface area contributed by atoms with Crippen molar-refractivity contribution in [3.8, 4) is 0 Å². The van der Waals surface area contributed by atoms with Gasteiger partial charge in [0.05, 0.1) is 5.56 Å². The third kappa shape index (κ3) is 13.2. The number of nitrogens with zero attached hydrogens (tertiary/aromatic N) is 1. The molecule has 9 nitrogen and oxygen atoms in total. The summed E-state index contributed by atoms with van der Waals surface area (Å²) < 4.78 is 69.9. The SMILES string of the molecule is CN[C@@H](CC(C)(C)F)C(=O)O[C@H](CCc1ccc(C(F)(F)F)cc1)C(=O)N(C)[C@@H](CC(C)C)C(=O)O[C@H](C)C(=O)OCc1ccccc1. The Kier molecular flexibility index (Phi) is 15.0. The molecule has 0 heterocycles. The molecule has 0 spiro atoms. The first-order valence-electron chi connectivity index (χ1n) is 15.7. The minimum atomic E-state index is -4.53. The van der Waals surface area contributed by atoms with Crippen LogP contribution in [0.4, 0.5) is 17.6 Å². The van der Waals surface area contributed by atoms with Gasteiger partial charge < -0.3 is 24.4 Å². The summed E-state index contributed by atoms with van der Waals surface area (Å²) in [5, 5.41) is 2.68. The molecule has 0 radical (unpaired) electrons. The van der Waals surface area contributed by atoms with E-state index < -0.39 is 65.5 Å². The Morgan fingerprint density at radius 2 is 1.44 bits per heavy atom. The summed E-state index contributed by atoms with van der Waals surface area (Å²) in [6.45, 7) is 7.51. The van der Waals surface area contributed by atoms with E-state index in [0.717, 1.165) is 22.6 Å². The van der Waals surface area contributed by atoms with Crippen LogP contribution in [0.5, 0.6) is 0 Å². The van der Waals surface area contributed by atoms with Crippen LogP contribution in [0.15, 0.2) is 54.6 Å². The van der Waals surface area contributed by atoms with Crippen LogP contribution in [0.25, 0.3) is 0 Å². The Balaban J connectivity index is 2.27. The molecule has 2 rings (SSSR count). The minimum absolute atomic E-state index is 0.0332. The monoisotopic (exact) mass is 682 g/mol. The summed E-state index contributed by atoms with van der Waals surface area (Å²) >= 11 is 0. The number of carbonyl (C=O) groups excluding carboxylic acids is 4. The van der Waals surface area contributed by atoms with E-state index in [-0.39, 0.29) is 38.2 Å². The molecule has 1 amide bonds. The van der Waals surface area contributed by atoms with Crippen molar-refractivity contribution >= 4 is 23.8 Å². The highest BCUT2D eigenvalue weighted by molar-refractivity contribution is 5.89. The van der Waals surface area contributed by atoms with Crippen LogP contribution in [-0.4, -0.2) is 72.8 Å².